The van der Waals surface area contributed by atoms with E-state index in [1.165, 1.54) is 34.4 Å². The smallest absolute Gasteiger partial charge is 0.172 e. The number of fused-ring (bicyclic) bond motifs is 6. The van der Waals surface area contributed by atoms with Gasteiger partial charge in [-0.25, -0.2) is 0 Å². The van der Waals surface area contributed by atoms with Crippen LogP contribution in [-0.4, -0.2) is 15.3 Å². The van der Waals surface area contributed by atoms with Crippen LogP contribution in [0.3, 0.4) is 0 Å². The van der Waals surface area contributed by atoms with Crippen molar-refractivity contribution in [2.75, 3.05) is 0 Å². The Balaban J connectivity index is 2.28. The Morgan fingerprint density at radius 1 is 0.895 bits per heavy atom. The monoisotopic (exact) mass is 308 g/mol. The Kier molecular flexibility index (Phi) is 2.30. The molecule has 0 bridgehead atoms. The molecule has 1 aromatic carbocycles. The van der Waals surface area contributed by atoms with Gasteiger partial charge in [-0.05, 0) is 17.2 Å². The minimum Gasteiger partial charge on any atom is -0.502 e. The van der Waals surface area contributed by atoms with Gasteiger partial charge in [0, 0.05) is 38.1 Å². The lowest BCUT2D eigenvalue weighted by atomic mass is 10.0. The van der Waals surface area contributed by atoms with Gasteiger partial charge in [0.1, 0.15) is 0 Å². The van der Waals surface area contributed by atoms with E-state index in [4.69, 9.17) is 0 Å². The fourth-order valence-corrected chi connectivity index (χ4v) is 5.30. The lowest BCUT2D eigenvalue weighted by Crippen LogP contribution is -1.94. The van der Waals surface area contributed by atoms with Gasteiger partial charge in [-0.2, -0.15) is 0 Å². The minimum absolute atomic E-state index is 0.251. The second kappa shape index (κ2) is 3.82. The van der Waals surface area contributed by atoms with Gasteiger partial charge in [-0.1, -0.05) is 34.4 Å². The molecule has 6 heteroatoms. The van der Waals surface area contributed by atoms with Crippen LogP contribution in [0.2, 0.25) is 0 Å². The van der Waals surface area contributed by atoms with Gasteiger partial charge in [0.2, 0.25) is 0 Å². The van der Waals surface area contributed by atoms with Crippen molar-refractivity contribution < 1.29 is 15.3 Å². The largest absolute Gasteiger partial charge is 0.502 e. The fourth-order valence-electron chi connectivity index (χ4n) is 2.45. The molecule has 0 atom stereocenters. The number of hydrogen-bond donors (Lipinski definition) is 3. The number of aliphatic hydroxyl groups excluding tert-OH is 1. The first-order valence-electron chi connectivity index (χ1n) is 5.57. The molecule has 0 unspecified atom stereocenters. The maximum atomic E-state index is 9.76. The summed E-state index contributed by atoms with van der Waals surface area (Å²) in [5, 5.41) is 32.0. The third-order valence-corrected chi connectivity index (χ3v) is 6.02. The highest BCUT2D eigenvalue weighted by Crippen LogP contribution is 2.48. The molecule has 1 aliphatic heterocycles. The van der Waals surface area contributed by atoms with Crippen LogP contribution >= 0.6 is 34.4 Å². The second-order valence-electron chi connectivity index (χ2n) is 4.32. The summed E-state index contributed by atoms with van der Waals surface area (Å²) in [4.78, 5) is 0. The number of rotatable bonds is 0. The van der Waals surface area contributed by atoms with E-state index >= 15 is 0 Å². The normalized spacial score (nSPS) is 14.8. The Bertz CT molecular complexity index is 857. The van der Waals surface area contributed by atoms with Crippen molar-refractivity contribution in [3.8, 4) is 10.1 Å². The van der Waals surface area contributed by atoms with E-state index in [1.54, 1.807) is 18.2 Å². The van der Waals surface area contributed by atoms with Crippen molar-refractivity contribution in [2.45, 2.75) is 5.75 Å². The van der Waals surface area contributed by atoms with E-state index in [1.807, 2.05) is 0 Å². The molecule has 0 radical (unpaired) electrons. The quantitative estimate of drug-likeness (QED) is 0.566. The highest BCUT2D eigenvalue weighted by atomic mass is 32.2. The van der Waals surface area contributed by atoms with E-state index < -0.39 is 0 Å². The van der Waals surface area contributed by atoms with E-state index in [0.29, 0.717) is 10.8 Å². The summed E-state index contributed by atoms with van der Waals surface area (Å²) in [6.45, 7) is 0. The highest BCUT2D eigenvalue weighted by molar-refractivity contribution is 8.02. The molecule has 0 aliphatic carbocycles. The first kappa shape index (κ1) is 11.5. The van der Waals surface area contributed by atoms with Crippen molar-refractivity contribution in [2.24, 2.45) is 0 Å². The summed E-state index contributed by atoms with van der Waals surface area (Å²) < 4.78 is 2.00. The average molecular weight is 308 g/mol. The van der Waals surface area contributed by atoms with Crippen LogP contribution in [0.5, 0.6) is 10.1 Å². The Morgan fingerprint density at radius 3 is 2.37 bits per heavy atom. The molecule has 0 spiro atoms. The van der Waals surface area contributed by atoms with Crippen LogP contribution in [0, 0.1) is 0 Å². The fraction of sp³-hybridized carbons (Fsp3) is 0.0769. The molecule has 2 aromatic heterocycles. The number of benzene rings is 1. The summed E-state index contributed by atoms with van der Waals surface area (Å²) in [6, 6.07) is 3.48. The summed E-state index contributed by atoms with van der Waals surface area (Å²) in [7, 11) is 0. The van der Waals surface area contributed by atoms with Crippen molar-refractivity contribution in [3.05, 3.63) is 28.4 Å². The molecule has 3 aromatic rings. The van der Waals surface area contributed by atoms with Crippen LogP contribution in [0.25, 0.3) is 26.2 Å². The van der Waals surface area contributed by atoms with Gasteiger partial charge in [0.15, 0.2) is 15.2 Å². The molecule has 4 rings (SSSR count). The predicted octanol–water partition coefficient (Wildman–Crippen LogP) is 4.63. The van der Waals surface area contributed by atoms with Crippen LogP contribution in [0.1, 0.15) is 11.1 Å². The zero-order valence-electron chi connectivity index (χ0n) is 9.51. The van der Waals surface area contributed by atoms with Crippen LogP contribution in [0.4, 0.5) is 0 Å². The lowest BCUT2D eigenvalue weighted by molar-refractivity contribution is 0.460. The maximum Gasteiger partial charge on any atom is 0.172 e. The first-order valence-corrected chi connectivity index (χ1v) is 8.18. The number of hydrogen-bond acceptors (Lipinski definition) is 6. The molecule has 0 saturated carbocycles. The van der Waals surface area contributed by atoms with Crippen molar-refractivity contribution >= 4 is 60.7 Å². The summed E-state index contributed by atoms with van der Waals surface area (Å²) in [6.07, 6.45) is 1.74. The van der Waals surface area contributed by atoms with Gasteiger partial charge in [-0.15, -0.1) is 0 Å². The maximum absolute atomic E-state index is 9.76. The Labute approximate surface area is 120 Å². The second-order valence-corrected chi connectivity index (χ2v) is 7.38. The minimum atomic E-state index is 0.251. The molecule has 3 nitrogen and oxygen atoms in total. The van der Waals surface area contributed by atoms with E-state index in [0.717, 1.165) is 31.3 Å². The van der Waals surface area contributed by atoms with Crippen LogP contribution < -0.4 is 0 Å². The first-order chi connectivity index (χ1) is 9.13. The summed E-state index contributed by atoms with van der Waals surface area (Å²) in [5.74, 6) is 0.681. The zero-order valence-corrected chi connectivity index (χ0v) is 12.0. The summed E-state index contributed by atoms with van der Waals surface area (Å²) >= 11 is 4.03. The van der Waals surface area contributed by atoms with Crippen molar-refractivity contribution in [1.29, 1.82) is 0 Å². The number of aromatic hydroxyl groups is 2. The van der Waals surface area contributed by atoms with Gasteiger partial charge < -0.3 is 15.3 Å². The van der Waals surface area contributed by atoms with E-state index in [9.17, 15) is 15.3 Å². The number of thioether (sulfide) groups is 1. The molecule has 3 heterocycles. The third kappa shape index (κ3) is 1.57. The van der Waals surface area contributed by atoms with Crippen LogP contribution in [-0.2, 0) is 5.75 Å². The zero-order chi connectivity index (χ0) is 13.1. The predicted molar refractivity (Wildman–Crippen MR) is 82.4 cm³/mol. The lowest BCUT2D eigenvalue weighted by Gasteiger charge is -2.14. The topological polar surface area (TPSA) is 60.7 Å². The molecular formula is C13H8O3S3. The van der Waals surface area contributed by atoms with Crippen molar-refractivity contribution in [1.82, 2.24) is 0 Å². The molecule has 0 fully saturated rings. The number of aliphatic hydroxyl groups is 1. The third-order valence-electron chi connectivity index (χ3n) is 3.20. The van der Waals surface area contributed by atoms with Crippen molar-refractivity contribution in [3.63, 3.8) is 0 Å². The SMILES string of the molecule is OC1=Cc2c(c3sc(O)cc3c3sc(O)cc23)CS1. The number of thiophene rings is 2. The molecule has 19 heavy (non-hydrogen) atoms. The average Bonchev–Trinajstić information content (AvgIpc) is 2.92. The van der Waals surface area contributed by atoms with Crippen LogP contribution in [0.15, 0.2) is 17.2 Å². The molecule has 0 amide bonds. The molecule has 0 saturated heterocycles. The van der Waals surface area contributed by atoms with Gasteiger partial charge in [0.25, 0.3) is 0 Å². The molecular weight excluding hydrogens is 300 g/mol. The Hall–Kier alpha value is -1.37. The van der Waals surface area contributed by atoms with Gasteiger partial charge >= 0.3 is 0 Å². The molecule has 96 valence electrons. The van der Waals surface area contributed by atoms with E-state index in [2.05, 4.69) is 0 Å². The summed E-state index contributed by atoms with van der Waals surface area (Å²) in [5.41, 5.74) is 2.07. The van der Waals surface area contributed by atoms with Gasteiger partial charge in [0.05, 0.1) is 0 Å². The van der Waals surface area contributed by atoms with E-state index in [-0.39, 0.29) is 10.1 Å². The standard InChI is InChI=1S/C13H8O3S3/c14-9-1-5-6-2-10(15)18-12(6)7-3-11(16)19-13(7)8(5)4-17-9/h1-3,14-16H,4H2. The Morgan fingerprint density at radius 2 is 1.58 bits per heavy atom. The van der Waals surface area contributed by atoms with Gasteiger partial charge in [-0.3, -0.25) is 0 Å². The molecule has 1 aliphatic rings. The highest BCUT2D eigenvalue weighted by Gasteiger charge is 2.21. The molecule has 3 N–H and O–H groups in total.